The Bertz CT molecular complexity index is 1270. The molecule has 0 aliphatic carbocycles. The van der Waals surface area contributed by atoms with Gasteiger partial charge >= 0.3 is 0 Å². The molecule has 0 saturated heterocycles. The Labute approximate surface area is 189 Å². The predicted molar refractivity (Wildman–Crippen MR) is 124 cm³/mol. The summed E-state index contributed by atoms with van der Waals surface area (Å²) >= 11 is 1.26. The summed E-state index contributed by atoms with van der Waals surface area (Å²) in [6, 6.07) is 18.4. The molecule has 0 aliphatic rings. The van der Waals surface area contributed by atoms with Gasteiger partial charge in [-0.25, -0.2) is 4.98 Å². The summed E-state index contributed by atoms with van der Waals surface area (Å²) in [6.45, 7) is 4.18. The molecule has 4 aromatic rings. The van der Waals surface area contributed by atoms with Gasteiger partial charge in [0, 0.05) is 18.3 Å². The highest BCUT2D eigenvalue weighted by Gasteiger charge is 2.15. The highest BCUT2D eigenvalue weighted by atomic mass is 32.2. The molecular formula is C23H22N6O2S. The van der Waals surface area contributed by atoms with Crippen LogP contribution in [0, 0.1) is 13.8 Å². The molecule has 2 amide bonds. The van der Waals surface area contributed by atoms with Crippen LogP contribution in [0.1, 0.15) is 27.4 Å². The number of hydrogen-bond donors (Lipinski definition) is 2. The third kappa shape index (κ3) is 4.94. The van der Waals surface area contributed by atoms with Crippen molar-refractivity contribution in [2.24, 2.45) is 0 Å². The van der Waals surface area contributed by atoms with Crippen molar-refractivity contribution in [1.29, 1.82) is 0 Å². The normalized spacial score (nSPS) is 10.8. The molecule has 0 atom stereocenters. The lowest BCUT2D eigenvalue weighted by Crippen LogP contribution is -2.25. The summed E-state index contributed by atoms with van der Waals surface area (Å²) in [4.78, 5) is 29.7. The first-order valence-electron chi connectivity index (χ1n) is 10.0. The number of para-hydroxylation sites is 1. The number of rotatable bonds is 7. The zero-order valence-corrected chi connectivity index (χ0v) is 18.5. The highest BCUT2D eigenvalue weighted by molar-refractivity contribution is 7.99. The van der Waals surface area contributed by atoms with Crippen molar-refractivity contribution in [2.75, 3.05) is 11.1 Å². The summed E-state index contributed by atoms with van der Waals surface area (Å²) in [7, 11) is 0. The number of benzene rings is 2. The molecule has 0 saturated carbocycles. The molecular weight excluding hydrogens is 424 g/mol. The van der Waals surface area contributed by atoms with E-state index in [9.17, 15) is 9.59 Å². The number of fused-ring (bicyclic) bond motifs is 1. The van der Waals surface area contributed by atoms with E-state index in [4.69, 9.17) is 0 Å². The molecule has 0 radical (unpaired) electrons. The SMILES string of the molecule is Cc1cc2nnc(SCC(=O)Nc3ccccc3C(=O)NCc3ccccc3)n2c(C)n1. The Morgan fingerprint density at radius 2 is 1.75 bits per heavy atom. The minimum absolute atomic E-state index is 0.119. The fourth-order valence-corrected chi connectivity index (χ4v) is 4.06. The average molecular weight is 447 g/mol. The van der Waals surface area contributed by atoms with Gasteiger partial charge in [-0.2, -0.15) is 0 Å². The summed E-state index contributed by atoms with van der Waals surface area (Å²) < 4.78 is 1.82. The van der Waals surface area contributed by atoms with Crippen molar-refractivity contribution in [1.82, 2.24) is 24.9 Å². The third-order valence-electron chi connectivity index (χ3n) is 4.73. The van der Waals surface area contributed by atoms with Crippen LogP contribution in [0.2, 0.25) is 0 Å². The van der Waals surface area contributed by atoms with E-state index in [1.165, 1.54) is 11.8 Å². The first-order valence-corrected chi connectivity index (χ1v) is 11.0. The van der Waals surface area contributed by atoms with Crippen LogP contribution in [-0.2, 0) is 11.3 Å². The van der Waals surface area contributed by atoms with Crippen molar-refractivity contribution >= 4 is 34.9 Å². The summed E-state index contributed by atoms with van der Waals surface area (Å²) in [5, 5.41) is 14.6. The van der Waals surface area contributed by atoms with Gasteiger partial charge < -0.3 is 10.6 Å². The van der Waals surface area contributed by atoms with Gasteiger partial charge in [0.05, 0.1) is 17.0 Å². The van der Waals surface area contributed by atoms with Crippen LogP contribution >= 0.6 is 11.8 Å². The van der Waals surface area contributed by atoms with Crippen LogP contribution in [0.5, 0.6) is 0 Å². The van der Waals surface area contributed by atoms with Crippen molar-refractivity contribution in [3.63, 3.8) is 0 Å². The number of thioether (sulfide) groups is 1. The van der Waals surface area contributed by atoms with Crippen LogP contribution in [-0.4, -0.2) is 37.1 Å². The van der Waals surface area contributed by atoms with Crippen LogP contribution in [0.25, 0.3) is 5.65 Å². The van der Waals surface area contributed by atoms with Gasteiger partial charge in [0.2, 0.25) is 5.91 Å². The van der Waals surface area contributed by atoms with E-state index in [-0.39, 0.29) is 17.6 Å². The van der Waals surface area contributed by atoms with E-state index in [0.717, 1.165) is 17.1 Å². The summed E-state index contributed by atoms with van der Waals surface area (Å²) in [6.07, 6.45) is 0. The Hall–Kier alpha value is -3.72. The zero-order chi connectivity index (χ0) is 22.5. The molecule has 0 unspecified atom stereocenters. The van der Waals surface area contributed by atoms with Crippen LogP contribution in [0.3, 0.4) is 0 Å². The van der Waals surface area contributed by atoms with Crippen molar-refractivity contribution < 1.29 is 9.59 Å². The fraction of sp³-hybridized carbons (Fsp3) is 0.174. The number of aryl methyl sites for hydroxylation is 2. The van der Waals surface area contributed by atoms with Crippen molar-refractivity contribution in [3.05, 3.63) is 83.3 Å². The number of amides is 2. The molecule has 162 valence electrons. The van der Waals surface area contributed by atoms with E-state index < -0.39 is 0 Å². The smallest absolute Gasteiger partial charge is 0.253 e. The molecule has 2 aromatic carbocycles. The standard InChI is InChI=1S/C23H22N6O2S/c1-15-12-20-27-28-23(29(20)16(2)25-15)32-14-21(30)26-19-11-7-6-10-18(19)22(31)24-13-17-8-4-3-5-9-17/h3-12H,13-14H2,1-2H3,(H,24,31)(H,26,30). The number of aromatic nitrogens is 4. The Balaban J connectivity index is 1.40. The highest BCUT2D eigenvalue weighted by Crippen LogP contribution is 2.20. The maximum Gasteiger partial charge on any atom is 0.253 e. The molecule has 0 fully saturated rings. The molecule has 8 nitrogen and oxygen atoms in total. The molecule has 2 aromatic heterocycles. The molecule has 9 heteroatoms. The maximum atomic E-state index is 12.7. The monoisotopic (exact) mass is 446 g/mol. The number of anilines is 1. The Kier molecular flexibility index (Phi) is 6.46. The quantitative estimate of drug-likeness (QED) is 0.422. The summed E-state index contributed by atoms with van der Waals surface area (Å²) in [5.74, 6) is 0.382. The van der Waals surface area contributed by atoms with Gasteiger partial charge in [-0.15, -0.1) is 10.2 Å². The number of nitrogens with one attached hydrogen (secondary N) is 2. The van der Waals surface area contributed by atoms with Gasteiger partial charge in [0.1, 0.15) is 5.82 Å². The second kappa shape index (κ2) is 9.61. The van der Waals surface area contributed by atoms with E-state index in [1.807, 2.05) is 54.6 Å². The second-order valence-corrected chi connectivity index (χ2v) is 8.11. The zero-order valence-electron chi connectivity index (χ0n) is 17.7. The third-order valence-corrected chi connectivity index (χ3v) is 5.66. The number of carbonyl (C=O) groups excluding carboxylic acids is 2. The molecule has 2 heterocycles. The minimum Gasteiger partial charge on any atom is -0.348 e. The molecule has 0 aliphatic heterocycles. The first-order chi connectivity index (χ1) is 15.5. The molecule has 2 N–H and O–H groups in total. The molecule has 0 bridgehead atoms. The molecule has 0 spiro atoms. The van der Waals surface area contributed by atoms with E-state index in [0.29, 0.717) is 28.6 Å². The van der Waals surface area contributed by atoms with Crippen LogP contribution < -0.4 is 10.6 Å². The topological polar surface area (TPSA) is 101 Å². The van der Waals surface area contributed by atoms with Crippen molar-refractivity contribution in [3.8, 4) is 0 Å². The van der Waals surface area contributed by atoms with E-state index in [2.05, 4.69) is 25.8 Å². The minimum atomic E-state index is -0.252. The van der Waals surface area contributed by atoms with Crippen LogP contribution in [0.4, 0.5) is 5.69 Å². The van der Waals surface area contributed by atoms with Gasteiger partial charge in [0.25, 0.3) is 5.91 Å². The van der Waals surface area contributed by atoms with Gasteiger partial charge in [-0.3, -0.25) is 14.0 Å². The summed E-state index contributed by atoms with van der Waals surface area (Å²) in [5.41, 5.74) is 3.42. The Morgan fingerprint density at radius 3 is 2.56 bits per heavy atom. The van der Waals surface area contributed by atoms with Crippen molar-refractivity contribution in [2.45, 2.75) is 25.5 Å². The predicted octanol–water partition coefficient (Wildman–Crippen LogP) is 3.40. The molecule has 4 rings (SSSR count). The fourth-order valence-electron chi connectivity index (χ4n) is 3.28. The Morgan fingerprint density at radius 1 is 1.00 bits per heavy atom. The lowest BCUT2D eigenvalue weighted by Gasteiger charge is -2.11. The van der Waals surface area contributed by atoms with Crippen LogP contribution in [0.15, 0.2) is 65.8 Å². The largest absolute Gasteiger partial charge is 0.348 e. The first kappa shape index (κ1) is 21.5. The second-order valence-electron chi connectivity index (χ2n) is 7.17. The van der Waals surface area contributed by atoms with Gasteiger partial charge in [-0.1, -0.05) is 54.2 Å². The van der Waals surface area contributed by atoms with E-state index >= 15 is 0 Å². The lowest BCUT2D eigenvalue weighted by atomic mass is 10.1. The molecule has 32 heavy (non-hydrogen) atoms. The van der Waals surface area contributed by atoms with Gasteiger partial charge in [0.15, 0.2) is 10.8 Å². The average Bonchev–Trinajstić information content (AvgIpc) is 3.20. The number of nitrogens with zero attached hydrogens (tertiary/aromatic N) is 4. The number of hydrogen-bond acceptors (Lipinski definition) is 6. The lowest BCUT2D eigenvalue weighted by molar-refractivity contribution is -0.113. The van der Waals surface area contributed by atoms with E-state index in [1.54, 1.807) is 24.3 Å². The number of carbonyl (C=O) groups is 2. The van der Waals surface area contributed by atoms with Gasteiger partial charge in [-0.05, 0) is 31.5 Å². The maximum absolute atomic E-state index is 12.7.